The molecule has 0 bridgehead atoms. The Morgan fingerprint density at radius 3 is 2.56 bits per heavy atom. The first-order chi connectivity index (χ1) is 7.72. The Hall–Kier alpha value is -0.610. The van der Waals surface area contributed by atoms with Crippen LogP contribution < -0.4 is 11.1 Å². The maximum absolute atomic E-state index is 10.9. The molecule has 0 heterocycles. The Balaban J connectivity index is 3.56. The minimum absolute atomic E-state index is 0.395. The van der Waals surface area contributed by atoms with Crippen molar-refractivity contribution in [2.45, 2.75) is 57.9 Å². The summed E-state index contributed by atoms with van der Waals surface area (Å²) in [4.78, 5) is 10.9. The predicted molar refractivity (Wildman–Crippen MR) is 66.5 cm³/mol. The first-order valence-electron chi connectivity index (χ1n) is 6.38. The maximum atomic E-state index is 10.9. The molecule has 16 heavy (non-hydrogen) atoms. The van der Waals surface area contributed by atoms with E-state index in [1.54, 1.807) is 0 Å². The fourth-order valence-electron chi connectivity index (χ4n) is 1.63. The van der Waals surface area contributed by atoms with E-state index in [-0.39, 0.29) is 0 Å². The second kappa shape index (κ2) is 10.9. The first-order valence-corrected chi connectivity index (χ1v) is 6.38. The zero-order valence-corrected chi connectivity index (χ0v) is 10.4. The van der Waals surface area contributed by atoms with E-state index in [2.05, 4.69) is 12.2 Å². The van der Waals surface area contributed by atoms with Crippen molar-refractivity contribution >= 4 is 5.97 Å². The van der Waals surface area contributed by atoms with E-state index in [9.17, 15) is 4.79 Å². The van der Waals surface area contributed by atoms with Crippen LogP contribution in [-0.2, 0) is 4.79 Å². The van der Waals surface area contributed by atoms with Crippen molar-refractivity contribution in [1.29, 1.82) is 0 Å². The molecule has 0 saturated carbocycles. The van der Waals surface area contributed by atoms with Gasteiger partial charge in [0.1, 0.15) is 6.04 Å². The highest BCUT2D eigenvalue weighted by molar-refractivity contribution is 5.73. The van der Waals surface area contributed by atoms with Crippen molar-refractivity contribution in [3.8, 4) is 0 Å². The van der Waals surface area contributed by atoms with E-state index < -0.39 is 12.0 Å². The number of hydrogen-bond acceptors (Lipinski definition) is 3. The summed E-state index contributed by atoms with van der Waals surface area (Å²) in [6.07, 6.45) is 7.15. The van der Waals surface area contributed by atoms with Gasteiger partial charge in [-0.05, 0) is 32.4 Å². The van der Waals surface area contributed by atoms with Crippen LogP contribution in [-0.4, -0.2) is 30.2 Å². The Morgan fingerprint density at radius 2 is 2.00 bits per heavy atom. The van der Waals surface area contributed by atoms with E-state index in [4.69, 9.17) is 10.8 Å². The highest BCUT2D eigenvalue weighted by Crippen LogP contribution is 2.02. The zero-order valence-electron chi connectivity index (χ0n) is 10.4. The molecule has 0 aromatic carbocycles. The number of nitrogens with two attached hydrogens (primary N) is 1. The van der Waals surface area contributed by atoms with Crippen molar-refractivity contribution in [3.63, 3.8) is 0 Å². The Morgan fingerprint density at radius 1 is 1.25 bits per heavy atom. The number of carbonyl (C=O) groups is 1. The Labute approximate surface area is 98.6 Å². The van der Waals surface area contributed by atoms with Crippen LogP contribution in [0.1, 0.15) is 51.9 Å². The van der Waals surface area contributed by atoms with Gasteiger partial charge in [0.25, 0.3) is 0 Å². The lowest BCUT2D eigenvalue weighted by molar-refractivity contribution is -0.139. The summed E-state index contributed by atoms with van der Waals surface area (Å²) in [7, 11) is 0. The van der Waals surface area contributed by atoms with Gasteiger partial charge in [0.2, 0.25) is 0 Å². The number of nitrogens with one attached hydrogen (secondary N) is 1. The van der Waals surface area contributed by atoms with E-state index in [0.29, 0.717) is 13.0 Å². The second-order valence-electron chi connectivity index (χ2n) is 4.19. The normalized spacial score (nSPS) is 12.6. The van der Waals surface area contributed by atoms with Gasteiger partial charge in [0.05, 0.1) is 0 Å². The molecule has 1 unspecified atom stereocenters. The molecular weight excluding hydrogens is 204 g/mol. The lowest BCUT2D eigenvalue weighted by Gasteiger charge is -2.13. The lowest BCUT2D eigenvalue weighted by Crippen LogP contribution is -2.37. The van der Waals surface area contributed by atoms with Gasteiger partial charge in [-0.1, -0.05) is 32.6 Å². The fraction of sp³-hybridized carbons (Fsp3) is 0.917. The minimum Gasteiger partial charge on any atom is -0.480 e. The molecule has 0 aliphatic carbocycles. The monoisotopic (exact) mass is 230 g/mol. The van der Waals surface area contributed by atoms with Crippen LogP contribution >= 0.6 is 0 Å². The lowest BCUT2D eigenvalue weighted by atomic mass is 10.1. The van der Waals surface area contributed by atoms with Crippen LogP contribution in [0.25, 0.3) is 0 Å². The van der Waals surface area contributed by atoms with Gasteiger partial charge < -0.3 is 16.2 Å². The topological polar surface area (TPSA) is 75.3 Å². The van der Waals surface area contributed by atoms with Gasteiger partial charge in [-0.3, -0.25) is 4.79 Å². The van der Waals surface area contributed by atoms with Gasteiger partial charge in [-0.25, -0.2) is 0 Å². The van der Waals surface area contributed by atoms with E-state index in [1.165, 1.54) is 19.3 Å². The van der Waals surface area contributed by atoms with E-state index >= 15 is 0 Å². The molecule has 0 fully saturated rings. The van der Waals surface area contributed by atoms with Crippen molar-refractivity contribution in [3.05, 3.63) is 0 Å². The first kappa shape index (κ1) is 15.4. The number of aliphatic carboxylic acids is 1. The van der Waals surface area contributed by atoms with Crippen molar-refractivity contribution < 1.29 is 9.90 Å². The third kappa shape index (κ3) is 8.68. The zero-order chi connectivity index (χ0) is 12.2. The molecule has 0 amide bonds. The molecular formula is C12H26N2O2. The SMILES string of the molecule is CCCCCCNC(CCCCN)C(=O)O. The third-order valence-corrected chi connectivity index (χ3v) is 2.67. The average Bonchev–Trinajstić information content (AvgIpc) is 2.26. The van der Waals surface area contributed by atoms with Crippen LogP contribution in [0, 0.1) is 0 Å². The number of unbranched alkanes of at least 4 members (excludes halogenated alkanes) is 4. The quantitative estimate of drug-likeness (QED) is 0.473. The summed E-state index contributed by atoms with van der Waals surface area (Å²) >= 11 is 0. The molecule has 0 spiro atoms. The summed E-state index contributed by atoms with van der Waals surface area (Å²) in [6, 6.07) is -0.395. The van der Waals surface area contributed by atoms with Crippen LogP contribution in [0.5, 0.6) is 0 Å². The van der Waals surface area contributed by atoms with Crippen molar-refractivity contribution in [2.24, 2.45) is 5.73 Å². The standard InChI is InChI=1S/C12H26N2O2/c1-2-3-4-7-10-14-11(12(15)16)8-5-6-9-13/h11,14H,2-10,13H2,1H3,(H,15,16). The van der Waals surface area contributed by atoms with Gasteiger partial charge in [0.15, 0.2) is 0 Å². The number of hydrogen-bond donors (Lipinski definition) is 3. The highest BCUT2D eigenvalue weighted by Gasteiger charge is 2.15. The highest BCUT2D eigenvalue weighted by atomic mass is 16.4. The van der Waals surface area contributed by atoms with E-state index in [1.807, 2.05) is 0 Å². The molecule has 0 aliphatic heterocycles. The summed E-state index contributed by atoms with van der Waals surface area (Å²) in [5, 5.41) is 12.1. The van der Waals surface area contributed by atoms with Crippen molar-refractivity contribution in [2.75, 3.05) is 13.1 Å². The maximum Gasteiger partial charge on any atom is 0.320 e. The molecule has 0 radical (unpaired) electrons. The average molecular weight is 230 g/mol. The van der Waals surface area contributed by atoms with Crippen LogP contribution in [0.2, 0.25) is 0 Å². The van der Waals surface area contributed by atoms with Gasteiger partial charge in [0, 0.05) is 0 Å². The molecule has 0 saturated heterocycles. The van der Waals surface area contributed by atoms with Crippen LogP contribution in [0.4, 0.5) is 0 Å². The molecule has 4 heteroatoms. The number of carboxylic acid groups (broad SMARTS) is 1. The molecule has 0 aliphatic rings. The Bertz CT molecular complexity index is 174. The predicted octanol–water partition coefficient (Wildman–Crippen LogP) is 1.74. The smallest absolute Gasteiger partial charge is 0.320 e. The third-order valence-electron chi connectivity index (χ3n) is 2.67. The van der Waals surface area contributed by atoms with Crippen molar-refractivity contribution in [1.82, 2.24) is 5.32 Å². The molecule has 4 nitrogen and oxygen atoms in total. The summed E-state index contributed by atoms with van der Waals surface area (Å²) in [6.45, 7) is 3.61. The Kier molecular flexibility index (Phi) is 10.5. The largest absolute Gasteiger partial charge is 0.480 e. The molecule has 0 rings (SSSR count). The molecule has 0 aromatic rings. The molecule has 96 valence electrons. The summed E-state index contributed by atoms with van der Waals surface area (Å²) in [5.41, 5.74) is 5.38. The van der Waals surface area contributed by atoms with Crippen LogP contribution in [0.15, 0.2) is 0 Å². The van der Waals surface area contributed by atoms with E-state index in [0.717, 1.165) is 25.8 Å². The van der Waals surface area contributed by atoms with Gasteiger partial charge >= 0.3 is 5.97 Å². The molecule has 0 aromatic heterocycles. The second-order valence-corrected chi connectivity index (χ2v) is 4.19. The summed E-state index contributed by atoms with van der Waals surface area (Å²) < 4.78 is 0. The number of carboxylic acids is 1. The molecule has 1 atom stereocenters. The minimum atomic E-state index is -0.743. The number of rotatable bonds is 11. The van der Waals surface area contributed by atoms with Gasteiger partial charge in [-0.15, -0.1) is 0 Å². The van der Waals surface area contributed by atoms with Crippen LogP contribution in [0.3, 0.4) is 0 Å². The fourth-order valence-corrected chi connectivity index (χ4v) is 1.63. The van der Waals surface area contributed by atoms with Gasteiger partial charge in [-0.2, -0.15) is 0 Å². The summed E-state index contributed by atoms with van der Waals surface area (Å²) in [5.74, 6) is -0.743. The molecule has 4 N–H and O–H groups in total.